The van der Waals surface area contributed by atoms with Crippen LogP contribution in [0.25, 0.3) is 77.2 Å². The van der Waals surface area contributed by atoms with Gasteiger partial charge in [-0.2, -0.15) is 10.5 Å². The number of nitrogens with zero attached hydrogens (tertiary/aromatic N) is 4. The molecule has 4 heteroatoms. The summed E-state index contributed by atoms with van der Waals surface area (Å²) in [6.07, 6.45) is 0. The molecule has 4 nitrogen and oxygen atoms in total. The minimum Gasteiger partial charge on any atom is -0.309 e. The lowest BCUT2D eigenvalue weighted by Crippen LogP contribution is -1.97. The van der Waals surface area contributed by atoms with Gasteiger partial charge in [-0.25, -0.2) is 0 Å². The maximum atomic E-state index is 9.81. The number of hydrogen-bond acceptors (Lipinski definition) is 2. The second-order valence-electron chi connectivity index (χ2n) is 12.1. The summed E-state index contributed by atoms with van der Waals surface area (Å²) in [5.41, 5.74) is 11.9. The molecule has 0 saturated carbocycles. The number of rotatable bonds is 4. The van der Waals surface area contributed by atoms with Gasteiger partial charge >= 0.3 is 0 Å². The molecule has 0 atom stereocenters. The minimum absolute atomic E-state index is 0.629. The molecule has 2 heterocycles. The molecule has 2 aromatic heterocycles. The van der Waals surface area contributed by atoms with Gasteiger partial charge in [-0.3, -0.25) is 0 Å². The molecular formula is C44H26N4. The Labute approximate surface area is 277 Å². The molecule has 9 rings (SSSR count). The zero-order valence-electron chi connectivity index (χ0n) is 25.8. The van der Waals surface area contributed by atoms with E-state index in [1.807, 2.05) is 30.3 Å². The monoisotopic (exact) mass is 610 g/mol. The van der Waals surface area contributed by atoms with E-state index in [0.717, 1.165) is 77.2 Å². The lowest BCUT2D eigenvalue weighted by molar-refractivity contribution is 1.17. The van der Waals surface area contributed by atoms with Crippen molar-refractivity contribution in [2.45, 2.75) is 0 Å². The standard InChI is InChI=1S/C44H26N4/c45-27-29-17-19-39-37-13-4-6-15-41(37)47(43(39)21-29)35-12-8-11-32(24-35)34-23-33(31-9-2-1-3-10-31)25-36(26-34)48-42-16-7-5-14-38(42)40-20-18-30(28-46)22-44(40)48/h1-26H. The Kier molecular flexibility index (Phi) is 6.22. The quantitative estimate of drug-likeness (QED) is 0.199. The van der Waals surface area contributed by atoms with E-state index in [4.69, 9.17) is 0 Å². The molecule has 0 unspecified atom stereocenters. The summed E-state index contributed by atoms with van der Waals surface area (Å²) in [4.78, 5) is 0. The summed E-state index contributed by atoms with van der Waals surface area (Å²) in [6.45, 7) is 0. The Bertz CT molecular complexity index is 2800. The molecule has 9 aromatic rings. The fourth-order valence-electron chi connectivity index (χ4n) is 7.17. The second-order valence-corrected chi connectivity index (χ2v) is 12.1. The number of hydrogen-bond donors (Lipinski definition) is 0. The molecule has 222 valence electrons. The van der Waals surface area contributed by atoms with E-state index in [2.05, 4.69) is 149 Å². The van der Waals surface area contributed by atoms with E-state index < -0.39 is 0 Å². The number of aromatic nitrogens is 2. The molecule has 0 fully saturated rings. The first-order valence-electron chi connectivity index (χ1n) is 15.9. The molecule has 0 N–H and O–H groups in total. The highest BCUT2D eigenvalue weighted by Crippen LogP contribution is 2.38. The topological polar surface area (TPSA) is 57.4 Å². The van der Waals surface area contributed by atoms with Crippen molar-refractivity contribution >= 4 is 43.6 Å². The van der Waals surface area contributed by atoms with Crippen LogP contribution in [0.5, 0.6) is 0 Å². The second kappa shape index (κ2) is 10.9. The highest BCUT2D eigenvalue weighted by molar-refractivity contribution is 6.10. The van der Waals surface area contributed by atoms with Crippen LogP contribution in [0.2, 0.25) is 0 Å². The van der Waals surface area contributed by atoms with Gasteiger partial charge in [-0.05, 0) is 89.0 Å². The van der Waals surface area contributed by atoms with Crippen LogP contribution < -0.4 is 0 Å². The molecule has 0 aliphatic rings. The Morgan fingerprint density at radius 1 is 0.333 bits per heavy atom. The fourth-order valence-corrected chi connectivity index (χ4v) is 7.17. The van der Waals surface area contributed by atoms with Crippen LogP contribution in [-0.4, -0.2) is 9.13 Å². The summed E-state index contributed by atoms with van der Waals surface area (Å²) in [7, 11) is 0. The van der Waals surface area contributed by atoms with Gasteiger partial charge in [0.05, 0.1) is 45.3 Å². The molecule has 48 heavy (non-hydrogen) atoms. The maximum absolute atomic E-state index is 9.81. The van der Waals surface area contributed by atoms with E-state index in [-0.39, 0.29) is 0 Å². The third kappa shape index (κ3) is 4.29. The first-order chi connectivity index (χ1) is 23.7. The third-order valence-corrected chi connectivity index (χ3v) is 9.33. The number of nitriles is 2. The highest BCUT2D eigenvalue weighted by Gasteiger charge is 2.17. The molecule has 7 aromatic carbocycles. The first kappa shape index (κ1) is 27.4. The average molecular weight is 611 g/mol. The zero-order chi connectivity index (χ0) is 32.2. The van der Waals surface area contributed by atoms with Crippen molar-refractivity contribution < 1.29 is 0 Å². The normalized spacial score (nSPS) is 11.3. The van der Waals surface area contributed by atoms with Crippen LogP contribution >= 0.6 is 0 Å². The van der Waals surface area contributed by atoms with Gasteiger partial charge in [-0.1, -0.05) is 91.0 Å². The van der Waals surface area contributed by atoms with Gasteiger partial charge < -0.3 is 9.13 Å². The summed E-state index contributed by atoms with van der Waals surface area (Å²) >= 11 is 0. The Balaban J connectivity index is 1.31. The summed E-state index contributed by atoms with van der Waals surface area (Å²) in [5.74, 6) is 0. The van der Waals surface area contributed by atoms with Crippen LogP contribution in [0.1, 0.15) is 11.1 Å². The Morgan fingerprint density at radius 2 is 0.812 bits per heavy atom. The van der Waals surface area contributed by atoms with E-state index in [0.29, 0.717) is 11.1 Å². The molecule has 0 spiro atoms. The lowest BCUT2D eigenvalue weighted by atomic mass is 9.97. The highest BCUT2D eigenvalue weighted by atomic mass is 15.0. The summed E-state index contributed by atoms with van der Waals surface area (Å²) in [6, 6.07) is 59.2. The van der Waals surface area contributed by atoms with E-state index in [1.54, 1.807) is 0 Å². The summed E-state index contributed by atoms with van der Waals surface area (Å²) < 4.78 is 4.54. The smallest absolute Gasteiger partial charge is 0.0992 e. The lowest BCUT2D eigenvalue weighted by Gasteiger charge is -2.15. The van der Waals surface area contributed by atoms with Crippen LogP contribution in [-0.2, 0) is 0 Å². The molecule has 0 aliphatic carbocycles. The van der Waals surface area contributed by atoms with Crippen LogP contribution in [0, 0.1) is 22.7 Å². The molecule has 0 aliphatic heterocycles. The van der Waals surface area contributed by atoms with Gasteiger partial charge in [0, 0.05) is 32.9 Å². The largest absolute Gasteiger partial charge is 0.309 e. The Morgan fingerprint density at radius 3 is 1.42 bits per heavy atom. The van der Waals surface area contributed by atoms with Crippen molar-refractivity contribution in [3.63, 3.8) is 0 Å². The SMILES string of the molecule is N#Cc1ccc2c3ccccc3n(-c3cccc(-c4cc(-c5ccccc5)cc(-n5c6ccccc6c6ccc(C#N)cc65)c4)c3)c2c1. The van der Waals surface area contributed by atoms with E-state index >= 15 is 0 Å². The van der Waals surface area contributed by atoms with Gasteiger partial charge in [0.1, 0.15) is 0 Å². The van der Waals surface area contributed by atoms with Gasteiger partial charge in [-0.15, -0.1) is 0 Å². The van der Waals surface area contributed by atoms with Crippen LogP contribution in [0.4, 0.5) is 0 Å². The molecule has 0 amide bonds. The van der Waals surface area contributed by atoms with Crippen molar-refractivity contribution in [3.05, 3.63) is 169 Å². The van der Waals surface area contributed by atoms with Gasteiger partial charge in [0.25, 0.3) is 0 Å². The Hall–Kier alpha value is -6.88. The first-order valence-corrected chi connectivity index (χ1v) is 15.9. The number of fused-ring (bicyclic) bond motifs is 6. The zero-order valence-corrected chi connectivity index (χ0v) is 25.8. The molecule has 0 saturated heterocycles. The van der Waals surface area contributed by atoms with Gasteiger partial charge in [0.2, 0.25) is 0 Å². The molecular weight excluding hydrogens is 585 g/mol. The molecule has 0 bridgehead atoms. The predicted molar refractivity (Wildman–Crippen MR) is 195 cm³/mol. The molecule has 0 radical (unpaired) electrons. The summed E-state index contributed by atoms with van der Waals surface area (Å²) in [5, 5.41) is 24.1. The average Bonchev–Trinajstić information content (AvgIpc) is 3.67. The van der Waals surface area contributed by atoms with Crippen molar-refractivity contribution in [3.8, 4) is 45.8 Å². The van der Waals surface area contributed by atoms with Crippen LogP contribution in [0.15, 0.2) is 158 Å². The number of para-hydroxylation sites is 2. The third-order valence-electron chi connectivity index (χ3n) is 9.33. The minimum atomic E-state index is 0.629. The van der Waals surface area contributed by atoms with Crippen molar-refractivity contribution in [1.29, 1.82) is 10.5 Å². The fraction of sp³-hybridized carbons (Fsp3) is 0. The van der Waals surface area contributed by atoms with Crippen molar-refractivity contribution in [2.75, 3.05) is 0 Å². The van der Waals surface area contributed by atoms with E-state index in [9.17, 15) is 10.5 Å². The van der Waals surface area contributed by atoms with Crippen molar-refractivity contribution in [2.24, 2.45) is 0 Å². The number of benzene rings is 7. The van der Waals surface area contributed by atoms with Crippen LogP contribution in [0.3, 0.4) is 0 Å². The maximum Gasteiger partial charge on any atom is 0.0992 e. The van der Waals surface area contributed by atoms with Crippen molar-refractivity contribution in [1.82, 2.24) is 9.13 Å². The van der Waals surface area contributed by atoms with E-state index in [1.165, 1.54) is 0 Å². The van der Waals surface area contributed by atoms with Gasteiger partial charge in [0.15, 0.2) is 0 Å². The predicted octanol–water partition coefficient (Wildman–Crippen LogP) is 11.0.